The molecule has 1 heterocycles. The van der Waals surface area contributed by atoms with Gasteiger partial charge in [0, 0.05) is 33.2 Å². The van der Waals surface area contributed by atoms with Crippen LogP contribution in [-0.4, -0.2) is 10.8 Å². The van der Waals surface area contributed by atoms with Crippen molar-refractivity contribution >= 4 is 38.7 Å². The molecule has 5 heteroatoms. The first-order valence-corrected chi connectivity index (χ1v) is 6.29. The molecule has 0 aliphatic heterocycles. The molecule has 3 nitrogen and oxygen atoms in total. The normalized spacial score (nSPS) is 10.3. The van der Waals surface area contributed by atoms with Crippen molar-refractivity contribution < 1.29 is 4.79 Å². The molecular weight excluding hydrogens is 288 g/mol. The minimum absolute atomic E-state index is 0.0530. The number of hydrogen-bond acceptors (Lipinski definition) is 4. The lowest BCUT2D eigenvalue weighted by molar-refractivity contribution is 0.0993. The third kappa shape index (κ3) is 2.68. The van der Waals surface area contributed by atoms with Crippen LogP contribution in [0, 0.1) is 0 Å². The Hall–Kier alpha value is -1.20. The van der Waals surface area contributed by atoms with Gasteiger partial charge in [0.1, 0.15) is 0 Å². The van der Waals surface area contributed by atoms with E-state index in [4.69, 9.17) is 5.73 Å². The number of aromatic nitrogens is 1. The molecule has 0 unspecified atom stereocenters. The van der Waals surface area contributed by atoms with Crippen LogP contribution in [0.3, 0.4) is 0 Å². The lowest BCUT2D eigenvalue weighted by Gasteiger charge is -2.02. The maximum atomic E-state index is 11.9. The first kappa shape index (κ1) is 11.3. The van der Waals surface area contributed by atoms with Crippen LogP contribution in [0.25, 0.3) is 0 Å². The number of rotatable bonds is 3. The van der Waals surface area contributed by atoms with E-state index in [2.05, 4.69) is 20.9 Å². The average Bonchev–Trinajstić information content (AvgIpc) is 2.68. The van der Waals surface area contributed by atoms with Crippen molar-refractivity contribution in [2.75, 3.05) is 5.73 Å². The molecule has 1 aromatic carbocycles. The molecule has 0 saturated heterocycles. The van der Waals surface area contributed by atoms with Crippen molar-refractivity contribution in [3.8, 4) is 0 Å². The quantitative estimate of drug-likeness (QED) is 0.700. The summed E-state index contributed by atoms with van der Waals surface area (Å²) in [6, 6.07) is 5.23. The molecule has 16 heavy (non-hydrogen) atoms. The highest BCUT2D eigenvalue weighted by molar-refractivity contribution is 9.10. The average molecular weight is 297 g/mol. The molecule has 0 radical (unpaired) electrons. The van der Waals surface area contributed by atoms with Crippen LogP contribution in [0.5, 0.6) is 0 Å². The molecule has 0 aliphatic rings. The fraction of sp³-hybridized carbons (Fsp3) is 0.0909. The van der Waals surface area contributed by atoms with Gasteiger partial charge >= 0.3 is 0 Å². The number of thiazole rings is 1. The van der Waals surface area contributed by atoms with Gasteiger partial charge in [-0.25, -0.2) is 0 Å². The van der Waals surface area contributed by atoms with E-state index >= 15 is 0 Å². The third-order valence-corrected chi connectivity index (χ3v) is 3.30. The summed E-state index contributed by atoms with van der Waals surface area (Å²) < 4.78 is 0.820. The van der Waals surface area contributed by atoms with Gasteiger partial charge in [0.25, 0.3) is 0 Å². The van der Waals surface area contributed by atoms with Gasteiger partial charge in [-0.05, 0) is 18.2 Å². The molecule has 0 saturated carbocycles. The van der Waals surface area contributed by atoms with Crippen molar-refractivity contribution in [1.29, 1.82) is 0 Å². The molecule has 1 aromatic heterocycles. The summed E-state index contributed by atoms with van der Waals surface area (Å²) in [7, 11) is 0. The molecule has 2 aromatic rings. The van der Waals surface area contributed by atoms with Crippen LogP contribution in [0.4, 0.5) is 5.69 Å². The Balaban J connectivity index is 2.21. The van der Waals surface area contributed by atoms with Gasteiger partial charge in [0.15, 0.2) is 5.78 Å². The second-order valence-electron chi connectivity index (χ2n) is 3.34. The van der Waals surface area contributed by atoms with Crippen LogP contribution in [-0.2, 0) is 6.42 Å². The van der Waals surface area contributed by atoms with Crippen molar-refractivity contribution in [3.05, 3.63) is 44.8 Å². The number of hydrogen-bond donors (Lipinski definition) is 1. The summed E-state index contributed by atoms with van der Waals surface area (Å²) in [5.41, 5.74) is 8.61. The molecule has 0 amide bonds. The van der Waals surface area contributed by atoms with E-state index in [9.17, 15) is 4.79 Å². The minimum atomic E-state index is 0.0530. The summed E-state index contributed by atoms with van der Waals surface area (Å²) in [6.07, 6.45) is 2.09. The van der Waals surface area contributed by atoms with Crippen LogP contribution in [0.1, 0.15) is 15.2 Å². The summed E-state index contributed by atoms with van der Waals surface area (Å²) >= 11 is 4.80. The van der Waals surface area contributed by atoms with Crippen LogP contribution < -0.4 is 5.73 Å². The highest BCUT2D eigenvalue weighted by atomic mass is 79.9. The predicted octanol–water partition coefficient (Wildman–Crippen LogP) is 2.91. The smallest absolute Gasteiger partial charge is 0.168 e. The number of nitrogens with zero attached hydrogens (tertiary/aromatic N) is 1. The largest absolute Gasteiger partial charge is 0.399 e. The topological polar surface area (TPSA) is 56.0 Å². The van der Waals surface area contributed by atoms with E-state index in [1.165, 1.54) is 11.3 Å². The zero-order valence-electron chi connectivity index (χ0n) is 8.31. The van der Waals surface area contributed by atoms with Crippen molar-refractivity contribution in [3.63, 3.8) is 0 Å². The number of benzene rings is 1. The number of nitrogen functional groups attached to an aromatic ring is 1. The molecule has 0 aliphatic carbocycles. The first-order chi connectivity index (χ1) is 7.65. The Kier molecular flexibility index (Phi) is 3.36. The highest BCUT2D eigenvalue weighted by Gasteiger charge is 2.09. The van der Waals surface area contributed by atoms with Crippen LogP contribution in [0.2, 0.25) is 0 Å². The van der Waals surface area contributed by atoms with Crippen molar-refractivity contribution in [1.82, 2.24) is 4.98 Å². The van der Waals surface area contributed by atoms with Crippen molar-refractivity contribution in [2.24, 2.45) is 0 Å². The number of anilines is 1. The van der Waals surface area contributed by atoms with E-state index in [1.54, 1.807) is 29.9 Å². The lowest BCUT2D eigenvalue weighted by Crippen LogP contribution is -2.03. The monoisotopic (exact) mass is 296 g/mol. The lowest BCUT2D eigenvalue weighted by atomic mass is 10.1. The summed E-state index contributed by atoms with van der Waals surface area (Å²) in [6.45, 7) is 0. The predicted molar refractivity (Wildman–Crippen MR) is 68.7 cm³/mol. The molecule has 2 N–H and O–H groups in total. The number of carbonyl (C=O) groups excluding carboxylic acids is 1. The second-order valence-corrected chi connectivity index (χ2v) is 5.23. The maximum absolute atomic E-state index is 11.9. The Morgan fingerprint density at radius 1 is 1.44 bits per heavy atom. The van der Waals surface area contributed by atoms with Gasteiger partial charge in [-0.3, -0.25) is 9.78 Å². The SMILES string of the molecule is Nc1cc(Br)cc(C(=O)Cc2cncs2)c1. The Morgan fingerprint density at radius 3 is 2.88 bits per heavy atom. The summed E-state index contributed by atoms with van der Waals surface area (Å²) in [5.74, 6) is 0.0530. The van der Waals surface area contributed by atoms with E-state index < -0.39 is 0 Å². The molecule has 0 spiro atoms. The van der Waals surface area contributed by atoms with Gasteiger partial charge in [-0.15, -0.1) is 11.3 Å². The minimum Gasteiger partial charge on any atom is -0.399 e. The van der Waals surface area contributed by atoms with Crippen LogP contribution >= 0.6 is 27.3 Å². The van der Waals surface area contributed by atoms with E-state index in [-0.39, 0.29) is 5.78 Å². The Bertz CT molecular complexity index is 490. The summed E-state index contributed by atoms with van der Waals surface area (Å²) in [4.78, 5) is 16.8. The standard InChI is InChI=1S/C11H9BrN2OS/c12-8-1-7(2-9(13)3-8)11(15)4-10-5-14-6-16-10/h1-3,5-6H,4,13H2. The molecule has 2 rings (SSSR count). The third-order valence-electron chi connectivity index (χ3n) is 2.06. The summed E-state index contributed by atoms with van der Waals surface area (Å²) in [5, 5.41) is 0. The molecular formula is C11H9BrN2OS. The fourth-order valence-electron chi connectivity index (χ4n) is 1.36. The molecule has 0 fully saturated rings. The second kappa shape index (κ2) is 4.76. The van der Waals surface area contributed by atoms with E-state index in [0.29, 0.717) is 17.7 Å². The number of nitrogens with two attached hydrogens (primary N) is 1. The number of halogens is 1. The number of ketones is 1. The molecule has 0 bridgehead atoms. The molecule has 82 valence electrons. The Labute approximate surface area is 105 Å². The van der Waals surface area contributed by atoms with Crippen molar-refractivity contribution in [2.45, 2.75) is 6.42 Å². The first-order valence-electron chi connectivity index (χ1n) is 4.62. The number of Topliss-reactive ketones (excluding diaryl/α,β-unsaturated/α-hetero) is 1. The van der Waals surface area contributed by atoms with Gasteiger partial charge in [0.05, 0.1) is 5.51 Å². The zero-order chi connectivity index (χ0) is 11.5. The van der Waals surface area contributed by atoms with Gasteiger partial charge in [-0.2, -0.15) is 0 Å². The maximum Gasteiger partial charge on any atom is 0.168 e. The van der Waals surface area contributed by atoms with Gasteiger partial charge < -0.3 is 5.73 Å². The molecule has 0 atom stereocenters. The highest BCUT2D eigenvalue weighted by Crippen LogP contribution is 2.19. The van der Waals surface area contributed by atoms with Gasteiger partial charge in [0.2, 0.25) is 0 Å². The van der Waals surface area contributed by atoms with Crippen LogP contribution in [0.15, 0.2) is 34.4 Å². The fourth-order valence-corrected chi connectivity index (χ4v) is 2.47. The van der Waals surface area contributed by atoms with E-state index in [1.807, 2.05) is 0 Å². The van der Waals surface area contributed by atoms with E-state index in [0.717, 1.165) is 9.35 Å². The number of carbonyl (C=O) groups is 1. The van der Waals surface area contributed by atoms with Gasteiger partial charge in [-0.1, -0.05) is 15.9 Å². The Morgan fingerprint density at radius 2 is 2.25 bits per heavy atom. The zero-order valence-corrected chi connectivity index (χ0v) is 10.7.